The van der Waals surface area contributed by atoms with Gasteiger partial charge in [-0.1, -0.05) is 0 Å². The van der Waals surface area contributed by atoms with Crippen LogP contribution in [0.2, 0.25) is 0 Å². The maximum Gasteiger partial charge on any atom is 0.323 e. The van der Waals surface area contributed by atoms with Crippen LogP contribution in [0.5, 0.6) is 5.75 Å². The predicted molar refractivity (Wildman–Crippen MR) is 58.7 cm³/mol. The van der Waals surface area contributed by atoms with Gasteiger partial charge in [0.1, 0.15) is 6.33 Å². The standard InChI is InChI=1S/C10H12F2N4O2/c1-18-7-4-13-6-14-8(7)15-9(17)16-3-2-10(11,12)5-16/h4,6H,2-3,5H2,1H3,(H,13,14,15,17). The smallest absolute Gasteiger partial charge is 0.323 e. The SMILES string of the molecule is COc1cncnc1NC(=O)N1CCC(F)(F)C1. The topological polar surface area (TPSA) is 67.4 Å². The van der Waals surface area contributed by atoms with E-state index in [2.05, 4.69) is 15.3 Å². The molecule has 1 aromatic heterocycles. The van der Waals surface area contributed by atoms with Crippen LogP contribution in [0.1, 0.15) is 6.42 Å². The molecular weight excluding hydrogens is 246 g/mol. The molecular formula is C10H12F2N4O2. The number of likely N-dealkylation sites (tertiary alicyclic amines) is 1. The Kier molecular flexibility index (Phi) is 3.26. The molecule has 98 valence electrons. The van der Waals surface area contributed by atoms with Crippen molar-refractivity contribution in [1.82, 2.24) is 14.9 Å². The summed E-state index contributed by atoms with van der Waals surface area (Å²) < 4.78 is 30.9. The third kappa shape index (κ3) is 2.63. The summed E-state index contributed by atoms with van der Waals surface area (Å²) in [6.45, 7) is -0.557. The second kappa shape index (κ2) is 4.71. The van der Waals surface area contributed by atoms with E-state index in [0.29, 0.717) is 0 Å². The lowest BCUT2D eigenvalue weighted by Crippen LogP contribution is -2.35. The summed E-state index contributed by atoms with van der Waals surface area (Å²) in [7, 11) is 1.40. The van der Waals surface area contributed by atoms with Crippen molar-refractivity contribution in [3.63, 3.8) is 0 Å². The molecule has 1 aliphatic rings. The minimum Gasteiger partial charge on any atom is -0.491 e. The number of halogens is 2. The Morgan fingerprint density at radius 3 is 3.00 bits per heavy atom. The molecule has 0 spiro atoms. The molecule has 0 unspecified atom stereocenters. The van der Waals surface area contributed by atoms with Crippen molar-refractivity contribution >= 4 is 11.8 Å². The number of carbonyl (C=O) groups is 1. The number of methoxy groups -OCH3 is 1. The highest BCUT2D eigenvalue weighted by atomic mass is 19.3. The summed E-state index contributed by atoms with van der Waals surface area (Å²) in [5.41, 5.74) is 0. The van der Waals surface area contributed by atoms with Crippen LogP contribution in [0.15, 0.2) is 12.5 Å². The Bertz CT molecular complexity index is 455. The van der Waals surface area contributed by atoms with Gasteiger partial charge in [0.15, 0.2) is 11.6 Å². The quantitative estimate of drug-likeness (QED) is 0.869. The Hall–Kier alpha value is -1.99. The first-order valence-electron chi connectivity index (χ1n) is 5.29. The van der Waals surface area contributed by atoms with E-state index in [1.807, 2.05) is 0 Å². The van der Waals surface area contributed by atoms with Crippen molar-refractivity contribution in [2.75, 3.05) is 25.5 Å². The number of anilines is 1. The summed E-state index contributed by atoms with van der Waals surface area (Å²) in [5, 5.41) is 2.42. The molecule has 1 N–H and O–H groups in total. The third-order valence-corrected chi connectivity index (χ3v) is 2.58. The first-order valence-corrected chi connectivity index (χ1v) is 5.29. The fourth-order valence-corrected chi connectivity index (χ4v) is 1.65. The van der Waals surface area contributed by atoms with E-state index in [4.69, 9.17) is 4.74 Å². The Labute approximate surface area is 102 Å². The minimum absolute atomic E-state index is 0.0201. The minimum atomic E-state index is -2.81. The van der Waals surface area contributed by atoms with Gasteiger partial charge in [-0.3, -0.25) is 5.32 Å². The van der Waals surface area contributed by atoms with Gasteiger partial charge in [0.25, 0.3) is 5.92 Å². The monoisotopic (exact) mass is 258 g/mol. The molecule has 1 aromatic rings. The molecule has 6 nitrogen and oxygen atoms in total. The van der Waals surface area contributed by atoms with E-state index >= 15 is 0 Å². The Morgan fingerprint density at radius 1 is 1.61 bits per heavy atom. The zero-order chi connectivity index (χ0) is 13.2. The molecule has 18 heavy (non-hydrogen) atoms. The van der Waals surface area contributed by atoms with E-state index in [-0.39, 0.29) is 24.5 Å². The van der Waals surface area contributed by atoms with E-state index in [0.717, 1.165) is 4.90 Å². The highest BCUT2D eigenvalue weighted by molar-refractivity contribution is 5.89. The number of urea groups is 1. The van der Waals surface area contributed by atoms with Crippen LogP contribution in [0.3, 0.4) is 0 Å². The molecule has 2 amide bonds. The van der Waals surface area contributed by atoms with Gasteiger partial charge in [-0.25, -0.2) is 23.5 Å². The average molecular weight is 258 g/mol. The van der Waals surface area contributed by atoms with E-state index in [9.17, 15) is 13.6 Å². The molecule has 0 saturated carbocycles. The summed E-state index contributed by atoms with van der Waals surface area (Å²) in [5.74, 6) is -2.38. The summed E-state index contributed by atoms with van der Waals surface area (Å²) >= 11 is 0. The number of carbonyl (C=O) groups excluding carboxylic acids is 1. The van der Waals surface area contributed by atoms with Gasteiger partial charge in [0, 0.05) is 13.0 Å². The molecule has 8 heteroatoms. The molecule has 2 rings (SSSR count). The first kappa shape index (κ1) is 12.5. The average Bonchev–Trinajstić information content (AvgIpc) is 2.70. The van der Waals surface area contributed by atoms with Gasteiger partial charge in [-0.05, 0) is 0 Å². The van der Waals surface area contributed by atoms with Crippen molar-refractivity contribution in [1.29, 1.82) is 0 Å². The number of nitrogens with one attached hydrogen (secondary N) is 1. The molecule has 0 aromatic carbocycles. The predicted octanol–water partition coefficient (Wildman–Crippen LogP) is 1.36. The summed E-state index contributed by atoms with van der Waals surface area (Å²) in [6.07, 6.45) is 2.29. The Balaban J connectivity index is 2.04. The van der Waals surface area contributed by atoms with Crippen LogP contribution in [0, 0.1) is 0 Å². The van der Waals surface area contributed by atoms with E-state index in [1.165, 1.54) is 19.6 Å². The van der Waals surface area contributed by atoms with Gasteiger partial charge in [0.05, 0.1) is 19.9 Å². The number of ether oxygens (including phenoxy) is 1. The van der Waals surface area contributed by atoms with Gasteiger partial charge >= 0.3 is 6.03 Å². The van der Waals surface area contributed by atoms with Gasteiger partial charge in [-0.2, -0.15) is 0 Å². The lowest BCUT2D eigenvalue weighted by molar-refractivity contribution is 0.0159. The summed E-state index contributed by atoms with van der Waals surface area (Å²) in [6, 6.07) is -0.621. The second-order valence-electron chi connectivity index (χ2n) is 3.90. The highest BCUT2D eigenvalue weighted by Gasteiger charge is 2.40. The van der Waals surface area contributed by atoms with Crippen molar-refractivity contribution in [3.8, 4) is 5.75 Å². The molecule has 1 fully saturated rings. The van der Waals surface area contributed by atoms with Crippen molar-refractivity contribution in [2.45, 2.75) is 12.3 Å². The maximum absolute atomic E-state index is 13.0. The number of amides is 2. The number of alkyl halides is 2. The first-order chi connectivity index (χ1) is 8.52. The molecule has 0 bridgehead atoms. The zero-order valence-electron chi connectivity index (χ0n) is 9.69. The Morgan fingerprint density at radius 2 is 2.39 bits per heavy atom. The number of nitrogens with zero attached hydrogens (tertiary/aromatic N) is 3. The van der Waals surface area contributed by atoms with Crippen LogP contribution < -0.4 is 10.1 Å². The van der Waals surface area contributed by atoms with Gasteiger partial charge in [-0.15, -0.1) is 0 Å². The fourth-order valence-electron chi connectivity index (χ4n) is 1.65. The number of hydrogen-bond acceptors (Lipinski definition) is 4. The van der Waals surface area contributed by atoms with Crippen LogP contribution in [-0.4, -0.2) is 47.0 Å². The maximum atomic E-state index is 13.0. The van der Waals surface area contributed by atoms with E-state index < -0.39 is 18.5 Å². The zero-order valence-corrected chi connectivity index (χ0v) is 9.69. The van der Waals surface area contributed by atoms with Gasteiger partial charge < -0.3 is 9.64 Å². The molecule has 1 saturated heterocycles. The molecule has 0 atom stereocenters. The third-order valence-electron chi connectivity index (χ3n) is 2.58. The van der Waals surface area contributed by atoms with Crippen LogP contribution >= 0.6 is 0 Å². The number of aromatic nitrogens is 2. The highest BCUT2D eigenvalue weighted by Crippen LogP contribution is 2.27. The number of hydrogen-bond donors (Lipinski definition) is 1. The van der Waals surface area contributed by atoms with Gasteiger partial charge in [0.2, 0.25) is 0 Å². The van der Waals surface area contributed by atoms with Crippen molar-refractivity contribution < 1.29 is 18.3 Å². The molecule has 0 radical (unpaired) electrons. The van der Waals surface area contributed by atoms with E-state index in [1.54, 1.807) is 0 Å². The molecule has 1 aliphatic heterocycles. The van der Waals surface area contributed by atoms with Crippen molar-refractivity contribution in [3.05, 3.63) is 12.5 Å². The number of rotatable bonds is 2. The lowest BCUT2D eigenvalue weighted by Gasteiger charge is -2.17. The summed E-state index contributed by atoms with van der Waals surface area (Å²) in [4.78, 5) is 20.3. The molecule has 2 heterocycles. The molecule has 0 aliphatic carbocycles. The van der Waals surface area contributed by atoms with Crippen LogP contribution in [0.4, 0.5) is 19.4 Å². The fraction of sp³-hybridized carbons (Fsp3) is 0.500. The normalized spacial score (nSPS) is 17.6. The van der Waals surface area contributed by atoms with Crippen LogP contribution in [-0.2, 0) is 0 Å². The van der Waals surface area contributed by atoms with Crippen LogP contribution in [0.25, 0.3) is 0 Å². The largest absolute Gasteiger partial charge is 0.491 e. The second-order valence-corrected chi connectivity index (χ2v) is 3.90. The lowest BCUT2D eigenvalue weighted by atomic mass is 10.3. The van der Waals surface area contributed by atoms with Crippen molar-refractivity contribution in [2.24, 2.45) is 0 Å².